The monoisotopic (exact) mass is 344 g/mol. The highest BCUT2D eigenvalue weighted by molar-refractivity contribution is 7.87. The Morgan fingerprint density at radius 2 is 1.71 bits per heavy atom. The third-order valence-electron chi connectivity index (χ3n) is 3.66. The van der Waals surface area contributed by atoms with Crippen LogP contribution in [0, 0.1) is 0 Å². The lowest BCUT2D eigenvalue weighted by Gasteiger charge is -2.09. The van der Waals surface area contributed by atoms with E-state index in [1.54, 1.807) is 25.2 Å². The number of nitrogens with one attached hydrogen (secondary N) is 1. The minimum atomic E-state index is -3.72. The molecule has 0 aliphatic rings. The molecule has 0 saturated carbocycles. The summed E-state index contributed by atoms with van der Waals surface area (Å²) >= 11 is 0. The van der Waals surface area contributed by atoms with E-state index in [4.69, 9.17) is 5.14 Å². The van der Waals surface area contributed by atoms with Crippen molar-refractivity contribution in [3.05, 3.63) is 64.4 Å². The topological polar surface area (TPSA) is 107 Å². The molecule has 3 N–H and O–H groups in total. The molecule has 124 valence electrons. The largest absolute Gasteiger partial charge is 0.274 e. The van der Waals surface area contributed by atoms with Crippen molar-refractivity contribution in [2.45, 2.75) is 6.54 Å². The van der Waals surface area contributed by atoms with E-state index in [1.807, 2.05) is 30.3 Å². The summed E-state index contributed by atoms with van der Waals surface area (Å²) in [5, 5.41) is 10.7. The quantitative estimate of drug-likeness (QED) is 0.733. The normalized spacial score (nSPS) is 11.8. The van der Waals surface area contributed by atoms with Crippen molar-refractivity contribution in [2.24, 2.45) is 12.2 Å². The molecule has 1 heterocycles. The average Bonchev–Trinajstić information content (AvgIpc) is 2.56. The minimum Gasteiger partial charge on any atom is -0.267 e. The van der Waals surface area contributed by atoms with Gasteiger partial charge in [0.2, 0.25) is 0 Å². The summed E-state index contributed by atoms with van der Waals surface area (Å²) in [6.07, 6.45) is 0. The van der Waals surface area contributed by atoms with Gasteiger partial charge in [-0.3, -0.25) is 4.79 Å². The molecule has 0 radical (unpaired) electrons. The van der Waals surface area contributed by atoms with Gasteiger partial charge >= 0.3 is 0 Å². The predicted octanol–water partition coefficient (Wildman–Crippen LogP) is 0.894. The van der Waals surface area contributed by atoms with Gasteiger partial charge in [0.05, 0.1) is 11.1 Å². The number of benzene rings is 2. The van der Waals surface area contributed by atoms with E-state index in [9.17, 15) is 13.2 Å². The molecule has 0 spiro atoms. The van der Waals surface area contributed by atoms with Crippen LogP contribution in [0.4, 0.5) is 0 Å². The van der Waals surface area contributed by atoms with Gasteiger partial charge in [-0.1, -0.05) is 42.5 Å². The van der Waals surface area contributed by atoms with E-state index < -0.39 is 10.2 Å². The van der Waals surface area contributed by atoms with Crippen molar-refractivity contribution in [1.29, 1.82) is 0 Å². The van der Waals surface area contributed by atoms with E-state index in [-0.39, 0.29) is 12.1 Å². The lowest BCUT2D eigenvalue weighted by Crippen LogP contribution is -2.30. The minimum absolute atomic E-state index is 0.112. The van der Waals surface area contributed by atoms with Gasteiger partial charge in [0.1, 0.15) is 0 Å². The lowest BCUT2D eigenvalue weighted by molar-refractivity contribution is 0.583. The molecule has 8 heteroatoms. The molecular formula is C16H16N4O3S. The Hall–Kier alpha value is -2.55. The highest BCUT2D eigenvalue weighted by atomic mass is 32.2. The molecule has 7 nitrogen and oxygen atoms in total. The van der Waals surface area contributed by atoms with Crippen LogP contribution in [0.5, 0.6) is 0 Å². The number of nitrogens with two attached hydrogens (primary N) is 1. The number of hydrogen-bond acceptors (Lipinski definition) is 4. The molecule has 0 saturated heterocycles. The first kappa shape index (κ1) is 16.3. The maximum Gasteiger partial charge on any atom is 0.274 e. The zero-order valence-electron chi connectivity index (χ0n) is 12.9. The number of aryl methyl sites for hydroxylation is 1. The fourth-order valence-corrected chi connectivity index (χ4v) is 2.85. The fraction of sp³-hybridized carbons (Fsp3) is 0.125. The third kappa shape index (κ3) is 3.35. The van der Waals surface area contributed by atoms with Crippen LogP contribution in [0.15, 0.2) is 53.3 Å². The van der Waals surface area contributed by atoms with Gasteiger partial charge in [-0.2, -0.15) is 18.2 Å². The van der Waals surface area contributed by atoms with Crippen LogP contribution in [-0.4, -0.2) is 18.2 Å². The molecule has 0 aliphatic carbocycles. The van der Waals surface area contributed by atoms with E-state index in [0.29, 0.717) is 11.1 Å². The second-order valence-corrected chi connectivity index (χ2v) is 6.76. The lowest BCUT2D eigenvalue weighted by atomic mass is 10.0. The van der Waals surface area contributed by atoms with Gasteiger partial charge in [-0.05, 0) is 11.6 Å². The van der Waals surface area contributed by atoms with Crippen LogP contribution in [-0.2, 0) is 23.8 Å². The second kappa shape index (κ2) is 6.16. The maximum absolute atomic E-state index is 12.2. The summed E-state index contributed by atoms with van der Waals surface area (Å²) in [4.78, 5) is 12.2. The van der Waals surface area contributed by atoms with Gasteiger partial charge < -0.3 is 0 Å². The molecule has 1 aromatic heterocycles. The van der Waals surface area contributed by atoms with Crippen LogP contribution >= 0.6 is 0 Å². The summed E-state index contributed by atoms with van der Waals surface area (Å²) in [6.45, 7) is 0.112. The zero-order chi connectivity index (χ0) is 17.3. The predicted molar refractivity (Wildman–Crippen MR) is 92.4 cm³/mol. The Bertz CT molecular complexity index is 1060. The standard InChI is InChI=1S/C16H16N4O3S/c1-20-16(21)14-5-3-2-4-13(14)15(19-20)12-8-6-11(7-9-12)10-18-24(17,22)23/h2-9,18H,10H2,1H3,(H2,17,22,23). The van der Waals surface area contributed by atoms with Crippen molar-refractivity contribution in [1.82, 2.24) is 14.5 Å². The Labute approximate surface area is 138 Å². The van der Waals surface area contributed by atoms with Crippen molar-refractivity contribution in [2.75, 3.05) is 0 Å². The van der Waals surface area contributed by atoms with Crippen LogP contribution in [0.1, 0.15) is 5.56 Å². The van der Waals surface area contributed by atoms with E-state index >= 15 is 0 Å². The Morgan fingerprint density at radius 1 is 1.08 bits per heavy atom. The van der Waals surface area contributed by atoms with Gasteiger partial charge in [-0.15, -0.1) is 0 Å². The summed E-state index contributed by atoms with van der Waals surface area (Å²) in [6, 6.07) is 14.5. The fourth-order valence-electron chi connectivity index (χ4n) is 2.48. The molecule has 3 aromatic rings. The van der Waals surface area contributed by atoms with Gasteiger partial charge in [0.25, 0.3) is 15.8 Å². The molecule has 0 amide bonds. The average molecular weight is 344 g/mol. The van der Waals surface area contributed by atoms with Crippen molar-refractivity contribution < 1.29 is 8.42 Å². The molecular weight excluding hydrogens is 328 g/mol. The molecule has 0 atom stereocenters. The van der Waals surface area contributed by atoms with Gasteiger partial charge in [0.15, 0.2) is 0 Å². The highest BCUT2D eigenvalue weighted by Crippen LogP contribution is 2.24. The number of nitrogens with zero attached hydrogens (tertiary/aromatic N) is 2. The molecule has 0 bridgehead atoms. The smallest absolute Gasteiger partial charge is 0.267 e. The SMILES string of the molecule is Cn1nc(-c2ccc(CNS(N)(=O)=O)cc2)c2ccccc2c1=O. The van der Waals surface area contributed by atoms with Crippen molar-refractivity contribution >= 4 is 21.0 Å². The van der Waals surface area contributed by atoms with E-state index in [2.05, 4.69) is 9.82 Å². The summed E-state index contributed by atoms with van der Waals surface area (Å²) in [5.41, 5.74) is 2.14. The van der Waals surface area contributed by atoms with Crippen LogP contribution in [0.25, 0.3) is 22.0 Å². The summed E-state index contributed by atoms with van der Waals surface area (Å²) < 4.78 is 25.4. The van der Waals surface area contributed by atoms with E-state index in [1.165, 1.54) is 4.68 Å². The molecule has 24 heavy (non-hydrogen) atoms. The summed E-state index contributed by atoms with van der Waals surface area (Å²) in [7, 11) is -2.11. The Morgan fingerprint density at radius 3 is 2.33 bits per heavy atom. The van der Waals surface area contributed by atoms with Crippen LogP contribution < -0.4 is 15.4 Å². The molecule has 0 fully saturated rings. The molecule has 0 unspecified atom stereocenters. The first-order valence-corrected chi connectivity index (χ1v) is 8.72. The van der Waals surface area contributed by atoms with Gasteiger partial charge in [-0.25, -0.2) is 9.82 Å². The number of fused-ring (bicyclic) bond motifs is 1. The molecule has 3 rings (SSSR count). The van der Waals surface area contributed by atoms with Crippen LogP contribution in [0.2, 0.25) is 0 Å². The number of aromatic nitrogens is 2. The first-order chi connectivity index (χ1) is 11.3. The number of rotatable bonds is 4. The molecule has 2 aromatic carbocycles. The van der Waals surface area contributed by atoms with Crippen molar-refractivity contribution in [3.63, 3.8) is 0 Å². The summed E-state index contributed by atoms with van der Waals surface area (Å²) in [5.74, 6) is 0. The Kier molecular flexibility index (Phi) is 4.18. The maximum atomic E-state index is 12.2. The van der Waals surface area contributed by atoms with Crippen LogP contribution in [0.3, 0.4) is 0 Å². The zero-order valence-corrected chi connectivity index (χ0v) is 13.7. The van der Waals surface area contributed by atoms with Gasteiger partial charge in [0, 0.05) is 24.5 Å². The number of hydrogen-bond donors (Lipinski definition) is 2. The second-order valence-electron chi connectivity index (χ2n) is 5.39. The first-order valence-electron chi connectivity index (χ1n) is 7.18. The third-order valence-corrected chi connectivity index (χ3v) is 4.21. The highest BCUT2D eigenvalue weighted by Gasteiger charge is 2.10. The van der Waals surface area contributed by atoms with Crippen molar-refractivity contribution in [3.8, 4) is 11.3 Å². The molecule has 0 aliphatic heterocycles. The van der Waals surface area contributed by atoms with E-state index in [0.717, 1.165) is 16.5 Å². The Balaban J connectivity index is 2.02.